The van der Waals surface area contributed by atoms with E-state index in [2.05, 4.69) is 16.0 Å². The topological polar surface area (TPSA) is 123 Å². The number of allylic oxidation sites excluding steroid dienone is 1. The third kappa shape index (κ3) is 4.34. The first-order valence-corrected chi connectivity index (χ1v) is 8.96. The van der Waals surface area contributed by atoms with Crippen molar-refractivity contribution in [2.75, 3.05) is 11.9 Å². The van der Waals surface area contributed by atoms with Crippen LogP contribution in [-0.4, -0.2) is 23.5 Å². The number of amides is 3. The summed E-state index contributed by atoms with van der Waals surface area (Å²) in [5.74, 6) is 0.0555. The molecule has 3 N–H and O–H groups in total. The van der Waals surface area contributed by atoms with Crippen LogP contribution >= 0.6 is 0 Å². The van der Waals surface area contributed by atoms with E-state index < -0.39 is 22.9 Å². The Morgan fingerprint density at radius 3 is 2.72 bits per heavy atom. The first kappa shape index (κ1) is 19.9. The Kier molecular flexibility index (Phi) is 5.77. The van der Waals surface area contributed by atoms with Crippen LogP contribution in [0.2, 0.25) is 0 Å². The number of rotatable bonds is 6. The lowest BCUT2D eigenvalue weighted by molar-refractivity contribution is -0.384. The molecule has 3 rings (SSSR count). The smallest absolute Gasteiger partial charge is 0.319 e. The summed E-state index contributed by atoms with van der Waals surface area (Å²) in [6, 6.07) is 11.5. The highest BCUT2D eigenvalue weighted by Gasteiger charge is 2.32. The molecule has 0 radical (unpaired) electrons. The van der Waals surface area contributed by atoms with Crippen molar-refractivity contribution >= 4 is 23.3 Å². The number of benzene rings is 2. The largest absolute Gasteiger partial charge is 0.492 e. The lowest BCUT2D eigenvalue weighted by Gasteiger charge is -2.28. The number of nitro benzene ring substituents is 1. The number of nitrogens with zero attached hydrogens (tertiary/aromatic N) is 1. The number of non-ortho nitro benzene ring substituents is 1. The van der Waals surface area contributed by atoms with Crippen molar-refractivity contribution in [1.82, 2.24) is 10.6 Å². The standard InChI is InChI=1S/C20H20N4O5/c1-3-29-16-10-5-4-9-15(16)22-19(25)17-12(2)21-20(26)23-18(17)13-7-6-8-14(11-13)24(27)28/h4-11,18H,3H2,1-2H3,(H,22,25)(H2,21,23,26). The van der Waals surface area contributed by atoms with Gasteiger partial charge in [-0.15, -0.1) is 0 Å². The molecule has 1 aliphatic heterocycles. The molecule has 2 aromatic carbocycles. The second-order valence-corrected chi connectivity index (χ2v) is 6.31. The maximum absolute atomic E-state index is 13.1. The minimum atomic E-state index is -0.845. The number of urea groups is 1. The fraction of sp³-hybridized carbons (Fsp3) is 0.200. The number of nitrogens with one attached hydrogen (secondary N) is 3. The van der Waals surface area contributed by atoms with Gasteiger partial charge in [-0.1, -0.05) is 24.3 Å². The molecule has 0 fully saturated rings. The minimum absolute atomic E-state index is 0.130. The average Bonchev–Trinajstić information content (AvgIpc) is 2.69. The fourth-order valence-corrected chi connectivity index (χ4v) is 3.10. The molecule has 0 aromatic heterocycles. The van der Waals surface area contributed by atoms with E-state index in [4.69, 9.17) is 4.74 Å². The highest BCUT2D eigenvalue weighted by molar-refractivity contribution is 6.07. The highest BCUT2D eigenvalue weighted by Crippen LogP contribution is 2.31. The zero-order chi connectivity index (χ0) is 21.0. The van der Waals surface area contributed by atoms with E-state index in [0.29, 0.717) is 29.3 Å². The number of anilines is 1. The second-order valence-electron chi connectivity index (χ2n) is 6.31. The number of hydrogen-bond donors (Lipinski definition) is 3. The van der Waals surface area contributed by atoms with Crippen molar-refractivity contribution in [3.8, 4) is 5.75 Å². The summed E-state index contributed by atoms with van der Waals surface area (Å²) in [5, 5.41) is 19.2. The molecule has 9 heteroatoms. The van der Waals surface area contributed by atoms with Crippen LogP contribution in [0.5, 0.6) is 5.75 Å². The van der Waals surface area contributed by atoms with Gasteiger partial charge >= 0.3 is 6.03 Å². The summed E-state index contributed by atoms with van der Waals surface area (Å²) in [4.78, 5) is 35.7. The zero-order valence-electron chi connectivity index (χ0n) is 15.9. The number of carbonyl (C=O) groups is 2. The van der Waals surface area contributed by atoms with Crippen LogP contribution in [0.3, 0.4) is 0 Å². The molecule has 0 spiro atoms. The molecule has 0 bridgehead atoms. The molecule has 0 saturated carbocycles. The van der Waals surface area contributed by atoms with Gasteiger partial charge in [0.2, 0.25) is 0 Å². The van der Waals surface area contributed by atoms with Crippen molar-refractivity contribution in [3.05, 3.63) is 75.5 Å². The normalized spacial score (nSPS) is 15.9. The fourth-order valence-electron chi connectivity index (χ4n) is 3.10. The Labute approximate surface area is 166 Å². The van der Waals surface area contributed by atoms with Crippen LogP contribution < -0.4 is 20.7 Å². The van der Waals surface area contributed by atoms with Crippen LogP contribution in [0.25, 0.3) is 0 Å². The third-order valence-corrected chi connectivity index (χ3v) is 4.36. The molecule has 1 atom stereocenters. The Morgan fingerprint density at radius 1 is 1.24 bits per heavy atom. The molecule has 1 unspecified atom stereocenters. The van der Waals surface area contributed by atoms with Gasteiger partial charge in [-0.25, -0.2) is 4.79 Å². The Bertz CT molecular complexity index is 1000. The number of ether oxygens (including phenoxy) is 1. The van der Waals surface area contributed by atoms with Crippen LogP contribution in [-0.2, 0) is 4.79 Å². The number of nitro groups is 1. The van der Waals surface area contributed by atoms with Crippen LogP contribution in [0.1, 0.15) is 25.5 Å². The van der Waals surface area contributed by atoms with Gasteiger partial charge in [-0.05, 0) is 31.5 Å². The summed E-state index contributed by atoms with van der Waals surface area (Å²) in [7, 11) is 0. The van der Waals surface area contributed by atoms with E-state index >= 15 is 0 Å². The zero-order valence-corrected chi connectivity index (χ0v) is 15.9. The predicted molar refractivity (Wildman–Crippen MR) is 106 cm³/mol. The van der Waals surface area contributed by atoms with Crippen molar-refractivity contribution < 1.29 is 19.2 Å². The summed E-state index contributed by atoms with van der Waals surface area (Å²) in [6.45, 7) is 3.87. The molecule has 0 aliphatic carbocycles. The van der Waals surface area contributed by atoms with E-state index in [1.54, 1.807) is 37.3 Å². The van der Waals surface area contributed by atoms with E-state index in [1.165, 1.54) is 18.2 Å². The molecule has 9 nitrogen and oxygen atoms in total. The van der Waals surface area contributed by atoms with Crippen molar-refractivity contribution in [3.63, 3.8) is 0 Å². The number of hydrogen-bond acceptors (Lipinski definition) is 5. The molecule has 1 heterocycles. The maximum atomic E-state index is 13.1. The SMILES string of the molecule is CCOc1ccccc1NC(=O)C1=C(C)NC(=O)NC1c1cccc([N+](=O)[O-])c1. The van der Waals surface area contributed by atoms with Gasteiger partial charge in [-0.2, -0.15) is 0 Å². The van der Waals surface area contributed by atoms with Crippen molar-refractivity contribution in [2.45, 2.75) is 19.9 Å². The molecule has 0 saturated heterocycles. The molecule has 150 valence electrons. The van der Waals surface area contributed by atoms with E-state index in [1.807, 2.05) is 6.92 Å². The van der Waals surface area contributed by atoms with Gasteiger partial charge in [0.1, 0.15) is 5.75 Å². The summed E-state index contributed by atoms with van der Waals surface area (Å²) < 4.78 is 5.53. The summed E-state index contributed by atoms with van der Waals surface area (Å²) >= 11 is 0. The Balaban J connectivity index is 1.97. The van der Waals surface area contributed by atoms with Crippen molar-refractivity contribution in [1.29, 1.82) is 0 Å². The van der Waals surface area contributed by atoms with E-state index in [0.717, 1.165) is 0 Å². The van der Waals surface area contributed by atoms with E-state index in [-0.39, 0.29) is 11.3 Å². The van der Waals surface area contributed by atoms with E-state index in [9.17, 15) is 19.7 Å². The average molecular weight is 396 g/mol. The summed E-state index contributed by atoms with van der Waals surface area (Å²) in [5.41, 5.74) is 1.38. The predicted octanol–water partition coefficient (Wildman–Crippen LogP) is 3.26. The molecule has 1 aliphatic rings. The lowest BCUT2D eigenvalue weighted by Crippen LogP contribution is -2.46. The molecule has 29 heavy (non-hydrogen) atoms. The van der Waals surface area contributed by atoms with Gasteiger partial charge in [0.25, 0.3) is 11.6 Å². The first-order valence-electron chi connectivity index (χ1n) is 8.96. The molecular formula is C20H20N4O5. The Morgan fingerprint density at radius 2 is 2.00 bits per heavy atom. The van der Waals surface area contributed by atoms with Gasteiger partial charge in [0.15, 0.2) is 0 Å². The van der Waals surface area contributed by atoms with Gasteiger partial charge < -0.3 is 20.7 Å². The van der Waals surface area contributed by atoms with Gasteiger partial charge in [0, 0.05) is 17.8 Å². The number of carbonyl (C=O) groups excluding carboxylic acids is 2. The monoisotopic (exact) mass is 396 g/mol. The molecule has 3 amide bonds. The maximum Gasteiger partial charge on any atom is 0.319 e. The molecule has 2 aromatic rings. The third-order valence-electron chi connectivity index (χ3n) is 4.36. The van der Waals surface area contributed by atoms with Crippen LogP contribution in [0.4, 0.5) is 16.2 Å². The van der Waals surface area contributed by atoms with Gasteiger partial charge in [0.05, 0.1) is 28.8 Å². The first-order chi connectivity index (χ1) is 13.9. The highest BCUT2D eigenvalue weighted by atomic mass is 16.6. The summed E-state index contributed by atoms with van der Waals surface area (Å²) in [6.07, 6.45) is 0. The quantitative estimate of drug-likeness (QED) is 0.511. The second kappa shape index (κ2) is 8.42. The minimum Gasteiger partial charge on any atom is -0.492 e. The lowest BCUT2D eigenvalue weighted by atomic mass is 9.94. The number of para-hydroxylation sites is 2. The van der Waals surface area contributed by atoms with Crippen LogP contribution in [0.15, 0.2) is 59.8 Å². The van der Waals surface area contributed by atoms with Crippen molar-refractivity contribution in [2.24, 2.45) is 0 Å². The van der Waals surface area contributed by atoms with Gasteiger partial charge in [-0.3, -0.25) is 14.9 Å². The molecular weight excluding hydrogens is 376 g/mol. The van der Waals surface area contributed by atoms with Crippen LogP contribution in [0, 0.1) is 10.1 Å². The Hall–Kier alpha value is -3.88.